The predicted molar refractivity (Wildman–Crippen MR) is 74.2 cm³/mol. The van der Waals surface area contributed by atoms with Gasteiger partial charge in [-0.05, 0) is 49.7 Å². The maximum Gasteiger partial charge on any atom is 0.514 e. The number of ether oxygens (including phenoxy) is 1. The third-order valence-electron chi connectivity index (χ3n) is 3.52. The van der Waals surface area contributed by atoms with Crippen LogP contribution >= 0.6 is 15.9 Å². The number of rotatable bonds is 2. The molecule has 0 spiro atoms. The van der Waals surface area contributed by atoms with E-state index in [9.17, 15) is 0 Å². The molecule has 4 nitrogen and oxygen atoms in total. The van der Waals surface area contributed by atoms with Crippen molar-refractivity contribution in [1.82, 2.24) is 4.98 Å². The van der Waals surface area contributed by atoms with Crippen LogP contribution in [-0.4, -0.2) is 30.4 Å². The van der Waals surface area contributed by atoms with Gasteiger partial charge in [0.25, 0.3) is 0 Å². The number of pyridine rings is 1. The van der Waals surface area contributed by atoms with E-state index in [1.54, 1.807) is 13.2 Å². The van der Waals surface area contributed by atoms with Crippen molar-refractivity contribution in [1.29, 1.82) is 0 Å². The molecule has 1 aliphatic heterocycles. The van der Waals surface area contributed by atoms with E-state index in [0.717, 1.165) is 5.75 Å². The van der Waals surface area contributed by atoms with Crippen molar-refractivity contribution in [2.45, 2.75) is 38.9 Å². The number of hydrogen-bond donors (Lipinski definition) is 0. The van der Waals surface area contributed by atoms with Crippen molar-refractivity contribution in [2.75, 3.05) is 7.11 Å². The highest BCUT2D eigenvalue weighted by atomic mass is 79.9. The Balaban J connectivity index is 2.32. The molecule has 0 aromatic carbocycles. The van der Waals surface area contributed by atoms with E-state index < -0.39 is 7.12 Å². The highest BCUT2D eigenvalue weighted by molar-refractivity contribution is 9.10. The maximum atomic E-state index is 5.94. The fourth-order valence-corrected chi connectivity index (χ4v) is 2.13. The largest absolute Gasteiger partial charge is 0.514 e. The maximum absolute atomic E-state index is 5.94. The van der Waals surface area contributed by atoms with Gasteiger partial charge in [-0.2, -0.15) is 0 Å². The van der Waals surface area contributed by atoms with Crippen LogP contribution in [0.25, 0.3) is 0 Å². The van der Waals surface area contributed by atoms with Crippen molar-refractivity contribution in [3.63, 3.8) is 0 Å². The van der Waals surface area contributed by atoms with Crippen molar-refractivity contribution >= 4 is 28.6 Å². The molecule has 0 aliphatic carbocycles. The molecule has 98 valence electrons. The zero-order chi connectivity index (χ0) is 13.6. The minimum absolute atomic E-state index is 0.366. The lowest BCUT2D eigenvalue weighted by Crippen LogP contribution is -2.41. The third-order valence-corrected chi connectivity index (χ3v) is 3.92. The summed E-state index contributed by atoms with van der Waals surface area (Å²) in [5.41, 5.74) is -0.0241. The third kappa shape index (κ3) is 2.42. The number of aromatic nitrogens is 1. The Morgan fingerprint density at radius 1 is 1.17 bits per heavy atom. The minimum atomic E-state index is -0.471. The quantitative estimate of drug-likeness (QED) is 0.619. The average Bonchev–Trinajstić information content (AvgIpc) is 2.47. The fourth-order valence-electron chi connectivity index (χ4n) is 1.70. The summed E-state index contributed by atoms with van der Waals surface area (Å²) < 4.78 is 17.8. The number of nitrogens with zero attached hydrogens (tertiary/aromatic N) is 1. The van der Waals surface area contributed by atoms with Crippen LogP contribution in [0, 0.1) is 0 Å². The van der Waals surface area contributed by atoms with E-state index in [1.807, 2.05) is 33.8 Å². The van der Waals surface area contributed by atoms with Crippen LogP contribution < -0.4 is 10.3 Å². The zero-order valence-corrected chi connectivity index (χ0v) is 12.9. The van der Waals surface area contributed by atoms with Crippen molar-refractivity contribution in [2.24, 2.45) is 0 Å². The lowest BCUT2D eigenvalue weighted by atomic mass is 9.84. The second-order valence-corrected chi connectivity index (χ2v) is 6.16. The Labute approximate surface area is 116 Å². The summed E-state index contributed by atoms with van der Waals surface area (Å²) in [6, 6.07) is 3.63. The summed E-state index contributed by atoms with van der Waals surface area (Å²) >= 11 is 3.36. The molecule has 1 aliphatic rings. The molecule has 18 heavy (non-hydrogen) atoms. The van der Waals surface area contributed by atoms with Crippen LogP contribution in [0.2, 0.25) is 0 Å². The van der Waals surface area contributed by atoms with Gasteiger partial charge in [0.1, 0.15) is 10.4 Å². The summed E-state index contributed by atoms with van der Waals surface area (Å²) in [4.78, 5) is 4.38. The summed E-state index contributed by atoms with van der Waals surface area (Å²) in [7, 11) is 1.15. The minimum Gasteiger partial charge on any atom is -0.497 e. The topological polar surface area (TPSA) is 40.6 Å². The zero-order valence-electron chi connectivity index (χ0n) is 11.3. The Bertz CT molecular complexity index is 449. The molecule has 0 bridgehead atoms. The number of hydrogen-bond acceptors (Lipinski definition) is 4. The van der Waals surface area contributed by atoms with Gasteiger partial charge in [-0.25, -0.2) is 4.98 Å². The van der Waals surface area contributed by atoms with Crippen LogP contribution in [0.3, 0.4) is 0 Å². The van der Waals surface area contributed by atoms with Crippen molar-refractivity contribution < 1.29 is 14.0 Å². The Morgan fingerprint density at radius 2 is 1.72 bits per heavy atom. The lowest BCUT2D eigenvalue weighted by Gasteiger charge is -2.32. The van der Waals surface area contributed by atoms with Crippen molar-refractivity contribution in [3.05, 3.63) is 16.7 Å². The number of halogens is 1. The smallest absolute Gasteiger partial charge is 0.497 e. The lowest BCUT2D eigenvalue weighted by molar-refractivity contribution is 0.00578. The molecule has 0 amide bonds. The molecular weight excluding hydrogens is 297 g/mol. The first-order valence-electron chi connectivity index (χ1n) is 5.82. The first kappa shape index (κ1) is 13.8. The standard InChI is InChI=1S/C12H17BBrNO3/c1-11(2)12(3,4)18-13(17-11)9-6-8(16-5)7-10(14)15-9/h6-7H,1-5H3. The van der Waals surface area contributed by atoms with Gasteiger partial charge < -0.3 is 14.0 Å². The van der Waals surface area contributed by atoms with Gasteiger partial charge in [0.2, 0.25) is 0 Å². The molecule has 2 rings (SSSR count). The van der Waals surface area contributed by atoms with Gasteiger partial charge in [-0.1, -0.05) is 0 Å². The molecule has 1 saturated heterocycles. The molecule has 1 aromatic rings. The molecule has 1 aromatic heterocycles. The van der Waals surface area contributed by atoms with Crippen molar-refractivity contribution in [3.8, 4) is 5.75 Å². The Kier molecular flexibility index (Phi) is 3.47. The van der Waals surface area contributed by atoms with E-state index in [2.05, 4.69) is 20.9 Å². The molecule has 0 N–H and O–H groups in total. The molecule has 0 saturated carbocycles. The summed E-state index contributed by atoms with van der Waals surface area (Å²) in [5, 5.41) is 0. The first-order chi connectivity index (χ1) is 8.25. The highest BCUT2D eigenvalue weighted by Crippen LogP contribution is 2.36. The summed E-state index contributed by atoms with van der Waals surface area (Å²) in [6.07, 6.45) is 0. The van der Waals surface area contributed by atoms with Crippen LogP contribution in [0.15, 0.2) is 16.7 Å². The first-order valence-corrected chi connectivity index (χ1v) is 6.61. The van der Waals surface area contributed by atoms with E-state index in [-0.39, 0.29) is 11.2 Å². The van der Waals surface area contributed by atoms with Gasteiger partial charge in [0.05, 0.1) is 23.9 Å². The molecule has 0 unspecified atom stereocenters. The monoisotopic (exact) mass is 313 g/mol. The van der Waals surface area contributed by atoms with Gasteiger partial charge >= 0.3 is 7.12 Å². The van der Waals surface area contributed by atoms with Crippen LogP contribution in [0.1, 0.15) is 27.7 Å². The van der Waals surface area contributed by atoms with E-state index in [4.69, 9.17) is 14.0 Å². The van der Waals surface area contributed by atoms with Gasteiger partial charge in [-0.15, -0.1) is 0 Å². The van der Waals surface area contributed by atoms with E-state index in [0.29, 0.717) is 10.2 Å². The highest BCUT2D eigenvalue weighted by Gasteiger charge is 2.52. The molecular formula is C12H17BBrNO3. The van der Waals surface area contributed by atoms with E-state index >= 15 is 0 Å². The predicted octanol–water partition coefficient (Wildman–Crippen LogP) is 2.15. The molecule has 1 fully saturated rings. The van der Waals surface area contributed by atoms with Gasteiger partial charge in [0, 0.05) is 6.07 Å². The Hall–Kier alpha value is -0.585. The van der Waals surface area contributed by atoms with Gasteiger partial charge in [0.15, 0.2) is 0 Å². The molecule has 6 heteroatoms. The second kappa shape index (κ2) is 4.51. The van der Waals surface area contributed by atoms with Crippen LogP contribution in [0.5, 0.6) is 5.75 Å². The van der Waals surface area contributed by atoms with E-state index in [1.165, 1.54) is 0 Å². The Morgan fingerprint density at radius 3 is 2.22 bits per heavy atom. The van der Waals surface area contributed by atoms with Crippen LogP contribution in [0.4, 0.5) is 0 Å². The van der Waals surface area contributed by atoms with Crippen LogP contribution in [-0.2, 0) is 9.31 Å². The van der Waals surface area contributed by atoms with Gasteiger partial charge in [-0.3, -0.25) is 0 Å². The average molecular weight is 314 g/mol. The molecule has 2 heterocycles. The normalized spacial score (nSPS) is 21.1. The molecule has 0 radical (unpaired) electrons. The fraction of sp³-hybridized carbons (Fsp3) is 0.583. The number of methoxy groups -OCH3 is 1. The second-order valence-electron chi connectivity index (χ2n) is 5.34. The summed E-state index contributed by atoms with van der Waals surface area (Å²) in [5.74, 6) is 0.724. The summed E-state index contributed by atoms with van der Waals surface area (Å²) in [6.45, 7) is 8.06. The SMILES string of the molecule is COc1cc(Br)nc(B2OC(C)(C)C(C)(C)O2)c1. The molecule has 0 atom stereocenters.